The maximum atomic E-state index is 12.1. The van der Waals surface area contributed by atoms with Crippen molar-refractivity contribution >= 4 is 0 Å². The van der Waals surface area contributed by atoms with Crippen molar-refractivity contribution in [3.63, 3.8) is 0 Å². The van der Waals surface area contributed by atoms with Crippen LogP contribution < -0.4 is 15.0 Å². The van der Waals surface area contributed by atoms with Crippen LogP contribution in [0.2, 0.25) is 0 Å². The first-order valence-electron chi connectivity index (χ1n) is 8.53. The molecule has 5 heteroatoms. The van der Waals surface area contributed by atoms with Crippen LogP contribution in [0.5, 0.6) is 11.5 Å². The molecule has 3 aromatic rings. The van der Waals surface area contributed by atoms with Crippen molar-refractivity contribution in [2.75, 3.05) is 7.11 Å². The van der Waals surface area contributed by atoms with Crippen LogP contribution in [-0.4, -0.2) is 12.1 Å². The summed E-state index contributed by atoms with van der Waals surface area (Å²) in [5, 5.41) is 9.38. The van der Waals surface area contributed by atoms with Crippen molar-refractivity contribution in [2.45, 2.75) is 20.5 Å². The maximum absolute atomic E-state index is 12.1. The number of nitriles is 1. The molecule has 0 saturated carbocycles. The van der Waals surface area contributed by atoms with Gasteiger partial charge in [-0.2, -0.15) is 5.26 Å². The van der Waals surface area contributed by atoms with E-state index in [1.54, 1.807) is 20.1 Å². The van der Waals surface area contributed by atoms with Crippen LogP contribution >= 0.6 is 0 Å². The molecule has 0 bridgehead atoms. The fraction of sp³-hybridized carbons (Fsp3) is 0.182. The lowest BCUT2D eigenvalue weighted by molar-refractivity contribution is 0.295. The van der Waals surface area contributed by atoms with Gasteiger partial charge < -0.3 is 14.5 Å². The summed E-state index contributed by atoms with van der Waals surface area (Å²) >= 11 is 0. The fourth-order valence-electron chi connectivity index (χ4n) is 2.96. The molecule has 0 radical (unpaired) electrons. The standard InChI is InChI=1S/C22H20N2O3/c1-14-6-4-5-7-20(14)27-13-17-11-16(8-9-21(17)26-3)18-10-15(2)24-22(25)19(18)12-23/h4-11H,13H2,1-3H3,(H,24,25). The first-order valence-corrected chi connectivity index (χ1v) is 8.53. The summed E-state index contributed by atoms with van der Waals surface area (Å²) in [5.74, 6) is 1.49. The number of methoxy groups -OCH3 is 1. The lowest BCUT2D eigenvalue weighted by atomic mass is 9.99. The number of pyridine rings is 1. The Bertz CT molecular complexity index is 1080. The van der Waals surface area contributed by atoms with Gasteiger partial charge in [-0.15, -0.1) is 0 Å². The van der Waals surface area contributed by atoms with Crippen molar-refractivity contribution < 1.29 is 9.47 Å². The van der Waals surface area contributed by atoms with Crippen LogP contribution in [0.4, 0.5) is 0 Å². The Morgan fingerprint density at radius 1 is 1.07 bits per heavy atom. The molecule has 1 heterocycles. The number of benzene rings is 2. The SMILES string of the molecule is COc1ccc(-c2cc(C)[nH]c(=O)c2C#N)cc1COc1ccccc1C. The number of hydrogen-bond acceptors (Lipinski definition) is 4. The van der Waals surface area contributed by atoms with Crippen LogP contribution in [-0.2, 0) is 6.61 Å². The van der Waals surface area contributed by atoms with Crippen molar-refractivity contribution in [1.82, 2.24) is 4.98 Å². The Morgan fingerprint density at radius 3 is 2.56 bits per heavy atom. The largest absolute Gasteiger partial charge is 0.496 e. The second kappa shape index (κ2) is 7.79. The highest BCUT2D eigenvalue weighted by Gasteiger charge is 2.13. The number of rotatable bonds is 5. The van der Waals surface area contributed by atoms with Crippen molar-refractivity contribution in [2.24, 2.45) is 0 Å². The van der Waals surface area contributed by atoms with Crippen LogP contribution in [0, 0.1) is 25.2 Å². The van der Waals surface area contributed by atoms with E-state index in [9.17, 15) is 10.1 Å². The van der Waals surface area contributed by atoms with Gasteiger partial charge in [0.2, 0.25) is 0 Å². The highest BCUT2D eigenvalue weighted by molar-refractivity contribution is 5.71. The molecule has 136 valence electrons. The van der Waals surface area contributed by atoms with E-state index < -0.39 is 0 Å². The maximum Gasteiger partial charge on any atom is 0.266 e. The van der Waals surface area contributed by atoms with Gasteiger partial charge in [-0.05, 0) is 49.2 Å². The number of aromatic amines is 1. The molecule has 0 aliphatic heterocycles. The highest BCUT2D eigenvalue weighted by Crippen LogP contribution is 2.29. The van der Waals surface area contributed by atoms with E-state index in [1.807, 2.05) is 55.5 Å². The van der Waals surface area contributed by atoms with Gasteiger partial charge in [0, 0.05) is 16.8 Å². The zero-order valence-corrected chi connectivity index (χ0v) is 15.5. The zero-order chi connectivity index (χ0) is 19.4. The smallest absolute Gasteiger partial charge is 0.266 e. The Kier molecular flexibility index (Phi) is 5.28. The Morgan fingerprint density at radius 2 is 1.85 bits per heavy atom. The number of ether oxygens (including phenoxy) is 2. The van der Waals surface area contributed by atoms with Gasteiger partial charge in [-0.25, -0.2) is 0 Å². The number of hydrogen-bond donors (Lipinski definition) is 1. The van der Waals surface area contributed by atoms with Crippen LogP contribution in [0.1, 0.15) is 22.4 Å². The minimum absolute atomic E-state index is 0.0940. The van der Waals surface area contributed by atoms with Crippen LogP contribution in [0.15, 0.2) is 53.3 Å². The molecule has 0 spiro atoms. The van der Waals surface area contributed by atoms with E-state index in [0.29, 0.717) is 23.6 Å². The molecule has 1 aromatic heterocycles. The number of nitrogens with zero attached hydrogens (tertiary/aromatic N) is 1. The van der Waals surface area contributed by atoms with E-state index in [2.05, 4.69) is 4.98 Å². The van der Waals surface area contributed by atoms with Gasteiger partial charge in [0.05, 0.1) is 7.11 Å². The summed E-state index contributed by atoms with van der Waals surface area (Å²) < 4.78 is 11.4. The molecule has 1 N–H and O–H groups in total. The quantitative estimate of drug-likeness (QED) is 0.743. The van der Waals surface area contributed by atoms with E-state index in [1.165, 1.54) is 0 Å². The molecule has 5 nitrogen and oxygen atoms in total. The Labute approximate surface area is 157 Å². The van der Waals surface area contributed by atoms with Gasteiger partial charge in [0.15, 0.2) is 0 Å². The van der Waals surface area contributed by atoms with E-state index in [0.717, 1.165) is 22.4 Å². The van der Waals surface area contributed by atoms with Crippen LogP contribution in [0.25, 0.3) is 11.1 Å². The number of nitrogens with one attached hydrogen (secondary N) is 1. The second-order valence-electron chi connectivity index (χ2n) is 6.26. The van der Waals surface area contributed by atoms with Gasteiger partial charge in [-0.1, -0.05) is 24.3 Å². The molecule has 0 unspecified atom stereocenters. The summed E-state index contributed by atoms with van der Waals surface area (Å²) in [4.78, 5) is 14.8. The summed E-state index contributed by atoms with van der Waals surface area (Å²) in [7, 11) is 1.60. The number of aromatic nitrogens is 1. The third kappa shape index (κ3) is 3.85. The third-order valence-electron chi connectivity index (χ3n) is 4.35. The predicted molar refractivity (Wildman–Crippen MR) is 104 cm³/mol. The lowest BCUT2D eigenvalue weighted by Crippen LogP contribution is -2.12. The van der Waals surface area contributed by atoms with Crippen molar-refractivity contribution in [1.29, 1.82) is 5.26 Å². The Hall–Kier alpha value is -3.52. The molecule has 27 heavy (non-hydrogen) atoms. The van der Waals surface area contributed by atoms with Gasteiger partial charge in [0.25, 0.3) is 5.56 Å². The van der Waals surface area contributed by atoms with E-state index >= 15 is 0 Å². The normalized spacial score (nSPS) is 10.3. The molecule has 0 fully saturated rings. The molecule has 0 saturated heterocycles. The minimum atomic E-state index is -0.388. The second-order valence-corrected chi connectivity index (χ2v) is 6.26. The fourth-order valence-corrected chi connectivity index (χ4v) is 2.96. The monoisotopic (exact) mass is 360 g/mol. The van der Waals surface area contributed by atoms with Crippen LogP contribution in [0.3, 0.4) is 0 Å². The molecular formula is C22H20N2O3. The minimum Gasteiger partial charge on any atom is -0.496 e. The molecule has 3 rings (SSSR count). The average Bonchev–Trinajstić information content (AvgIpc) is 2.66. The summed E-state index contributed by atoms with van der Waals surface area (Å²) in [5.41, 5.74) is 3.65. The highest BCUT2D eigenvalue weighted by atomic mass is 16.5. The van der Waals surface area contributed by atoms with E-state index in [-0.39, 0.29) is 11.1 Å². The first-order chi connectivity index (χ1) is 13.0. The lowest BCUT2D eigenvalue weighted by Gasteiger charge is -2.14. The predicted octanol–water partition coefficient (Wildman–Crippen LogP) is 4.12. The first kappa shape index (κ1) is 18.3. The zero-order valence-electron chi connectivity index (χ0n) is 15.5. The average molecular weight is 360 g/mol. The molecule has 0 aliphatic rings. The molecule has 2 aromatic carbocycles. The molecular weight excluding hydrogens is 340 g/mol. The third-order valence-corrected chi connectivity index (χ3v) is 4.35. The van der Waals surface area contributed by atoms with Gasteiger partial charge in [0.1, 0.15) is 29.7 Å². The number of para-hydroxylation sites is 1. The molecule has 0 aliphatic carbocycles. The van der Waals surface area contributed by atoms with Gasteiger partial charge in [-0.3, -0.25) is 4.79 Å². The molecule has 0 atom stereocenters. The van der Waals surface area contributed by atoms with Gasteiger partial charge >= 0.3 is 0 Å². The number of aryl methyl sites for hydroxylation is 2. The summed E-state index contributed by atoms with van der Waals surface area (Å²) in [6.45, 7) is 4.09. The van der Waals surface area contributed by atoms with Crippen molar-refractivity contribution in [3.8, 4) is 28.7 Å². The van der Waals surface area contributed by atoms with Crippen molar-refractivity contribution in [3.05, 3.63) is 81.3 Å². The Balaban J connectivity index is 2.01. The van der Waals surface area contributed by atoms with E-state index in [4.69, 9.17) is 9.47 Å². The summed E-state index contributed by atoms with van der Waals surface area (Å²) in [6, 6.07) is 17.1. The number of H-pyrrole nitrogens is 1. The molecule has 0 amide bonds. The summed E-state index contributed by atoms with van der Waals surface area (Å²) in [6.07, 6.45) is 0. The topological polar surface area (TPSA) is 75.1 Å².